The first kappa shape index (κ1) is 27.7. The zero-order valence-electron chi connectivity index (χ0n) is 23.1. The first-order valence-electron chi connectivity index (χ1n) is 13.9. The second-order valence-electron chi connectivity index (χ2n) is 10.8. The summed E-state index contributed by atoms with van der Waals surface area (Å²) in [6.07, 6.45) is 3.28. The zero-order chi connectivity index (χ0) is 28.2. The molecule has 9 heteroatoms. The predicted molar refractivity (Wildman–Crippen MR) is 149 cm³/mol. The van der Waals surface area contributed by atoms with E-state index in [0.717, 1.165) is 43.7 Å². The van der Waals surface area contributed by atoms with Crippen molar-refractivity contribution in [1.29, 1.82) is 0 Å². The van der Waals surface area contributed by atoms with Crippen LogP contribution in [0.2, 0.25) is 0 Å². The van der Waals surface area contributed by atoms with Gasteiger partial charge in [0.2, 0.25) is 0 Å². The van der Waals surface area contributed by atoms with Crippen LogP contribution in [0.15, 0.2) is 48.5 Å². The highest BCUT2D eigenvalue weighted by molar-refractivity contribution is 5.70. The number of benzene rings is 2. The molecule has 3 aromatic rings. The van der Waals surface area contributed by atoms with E-state index in [-0.39, 0.29) is 36.9 Å². The molecule has 214 valence electrons. The van der Waals surface area contributed by atoms with Gasteiger partial charge in [-0.3, -0.25) is 14.3 Å². The lowest BCUT2D eigenvalue weighted by Crippen LogP contribution is -2.31. The van der Waals surface area contributed by atoms with Gasteiger partial charge in [-0.05, 0) is 67.0 Å². The monoisotopic (exact) mass is 550 g/mol. The minimum atomic E-state index is -0.691. The van der Waals surface area contributed by atoms with Gasteiger partial charge in [-0.1, -0.05) is 18.2 Å². The van der Waals surface area contributed by atoms with Crippen molar-refractivity contribution in [1.82, 2.24) is 9.47 Å². The number of hydrogen-bond acceptors (Lipinski definition) is 7. The standard InChI is InChI=1S/C31H38N2O7/c1-20(23-6-8-26-24(17-23)11-13-39-26)32(18-21-3-5-25(15-21)31(36)37)19-22-4-7-27(28(16-22)38-2)40-14-12-33-29(34)9-10-30(33)35/h4,6-10,16-17,20-21,25,34-35H,3,5,11-15,18-19H2,1-2H3,(H,36,37)/t20-,21-,25-/m0/s1. The number of fused-ring (bicyclic) bond motifs is 1. The Kier molecular flexibility index (Phi) is 8.40. The average molecular weight is 551 g/mol. The Morgan fingerprint density at radius 3 is 2.62 bits per heavy atom. The number of hydrogen-bond donors (Lipinski definition) is 3. The van der Waals surface area contributed by atoms with Crippen LogP contribution in [0.3, 0.4) is 0 Å². The number of ether oxygens (including phenoxy) is 3. The first-order chi connectivity index (χ1) is 19.3. The minimum Gasteiger partial charge on any atom is -0.494 e. The smallest absolute Gasteiger partial charge is 0.306 e. The first-order valence-corrected chi connectivity index (χ1v) is 13.9. The van der Waals surface area contributed by atoms with Gasteiger partial charge < -0.3 is 29.5 Å². The van der Waals surface area contributed by atoms with E-state index in [4.69, 9.17) is 14.2 Å². The summed E-state index contributed by atoms with van der Waals surface area (Å²) < 4.78 is 18.6. The fourth-order valence-electron chi connectivity index (χ4n) is 5.92. The number of nitrogens with zero attached hydrogens (tertiary/aromatic N) is 2. The molecule has 0 spiro atoms. The number of aliphatic carboxylic acids is 1. The molecule has 1 saturated carbocycles. The maximum absolute atomic E-state index is 11.6. The van der Waals surface area contributed by atoms with Crippen molar-refractivity contribution >= 4 is 5.97 Å². The minimum absolute atomic E-state index is 0.0227. The van der Waals surface area contributed by atoms with Gasteiger partial charge in [-0.2, -0.15) is 0 Å². The average Bonchev–Trinajstić information content (AvgIpc) is 3.69. The Labute approximate surface area is 234 Å². The van der Waals surface area contributed by atoms with Crippen LogP contribution >= 0.6 is 0 Å². The zero-order valence-corrected chi connectivity index (χ0v) is 23.1. The van der Waals surface area contributed by atoms with E-state index < -0.39 is 5.97 Å². The summed E-state index contributed by atoms with van der Waals surface area (Å²) in [7, 11) is 1.60. The molecule has 3 N–H and O–H groups in total. The van der Waals surface area contributed by atoms with Crippen molar-refractivity contribution in [3.63, 3.8) is 0 Å². The SMILES string of the molecule is COc1cc(CN(C[C@H]2CC[C@H](C(=O)O)C2)[C@@H](C)c2ccc3c(c2)CCO3)ccc1OCCn1c(O)ccc1O. The van der Waals surface area contributed by atoms with Gasteiger partial charge >= 0.3 is 5.97 Å². The largest absolute Gasteiger partial charge is 0.494 e. The number of carbonyl (C=O) groups is 1. The topological polar surface area (TPSA) is 114 Å². The van der Waals surface area contributed by atoms with Gasteiger partial charge in [0, 0.05) is 37.7 Å². The Bertz CT molecular complexity index is 1320. The number of aromatic hydroxyl groups is 2. The molecule has 2 aliphatic rings. The van der Waals surface area contributed by atoms with E-state index in [2.05, 4.69) is 30.0 Å². The number of rotatable bonds is 12. The lowest BCUT2D eigenvalue weighted by Gasteiger charge is -2.32. The molecular formula is C31H38N2O7. The van der Waals surface area contributed by atoms with Crippen LogP contribution < -0.4 is 14.2 Å². The predicted octanol–water partition coefficient (Wildman–Crippen LogP) is 4.99. The fourth-order valence-corrected chi connectivity index (χ4v) is 5.92. The molecule has 2 heterocycles. The van der Waals surface area contributed by atoms with Crippen LogP contribution in [0.4, 0.5) is 0 Å². The number of aromatic nitrogens is 1. The molecule has 2 aromatic carbocycles. The van der Waals surface area contributed by atoms with Crippen molar-refractivity contribution in [2.45, 2.75) is 51.7 Å². The second-order valence-corrected chi connectivity index (χ2v) is 10.8. The summed E-state index contributed by atoms with van der Waals surface area (Å²) >= 11 is 0. The van der Waals surface area contributed by atoms with E-state index >= 15 is 0 Å². The van der Waals surface area contributed by atoms with Gasteiger partial charge in [-0.15, -0.1) is 0 Å². The molecule has 0 saturated heterocycles. The molecule has 0 radical (unpaired) electrons. The number of methoxy groups -OCH3 is 1. The highest BCUT2D eigenvalue weighted by Gasteiger charge is 2.32. The van der Waals surface area contributed by atoms with Crippen LogP contribution in [0.25, 0.3) is 0 Å². The third-order valence-electron chi connectivity index (χ3n) is 8.25. The van der Waals surface area contributed by atoms with Crippen LogP contribution in [-0.2, 0) is 24.3 Å². The summed E-state index contributed by atoms with van der Waals surface area (Å²) in [6.45, 7) is 4.93. The molecule has 0 amide bonds. The third-order valence-corrected chi connectivity index (χ3v) is 8.25. The van der Waals surface area contributed by atoms with Crippen molar-refractivity contribution in [3.8, 4) is 29.0 Å². The maximum Gasteiger partial charge on any atom is 0.306 e. The Morgan fingerprint density at radius 1 is 1.10 bits per heavy atom. The van der Waals surface area contributed by atoms with Crippen LogP contribution in [0.1, 0.15) is 48.9 Å². The second kappa shape index (κ2) is 12.1. The fraction of sp³-hybridized carbons (Fsp3) is 0.452. The Hall–Kier alpha value is -3.85. The Balaban J connectivity index is 1.31. The molecule has 1 aliphatic heterocycles. The molecular weight excluding hydrogens is 512 g/mol. The summed E-state index contributed by atoms with van der Waals surface area (Å²) in [6, 6.07) is 15.3. The summed E-state index contributed by atoms with van der Waals surface area (Å²) in [4.78, 5) is 14.0. The number of carboxylic acid groups (broad SMARTS) is 1. The molecule has 1 fully saturated rings. The molecule has 3 atom stereocenters. The molecule has 0 unspecified atom stereocenters. The normalized spacial score (nSPS) is 18.9. The van der Waals surface area contributed by atoms with Crippen LogP contribution in [0, 0.1) is 11.8 Å². The van der Waals surface area contributed by atoms with Crippen molar-refractivity contribution in [2.24, 2.45) is 11.8 Å². The van der Waals surface area contributed by atoms with E-state index in [0.29, 0.717) is 30.4 Å². The van der Waals surface area contributed by atoms with E-state index in [1.807, 2.05) is 18.2 Å². The van der Waals surface area contributed by atoms with Gasteiger partial charge in [0.05, 0.1) is 26.2 Å². The molecule has 1 aromatic heterocycles. The van der Waals surface area contributed by atoms with E-state index in [9.17, 15) is 20.1 Å². The highest BCUT2D eigenvalue weighted by Crippen LogP contribution is 2.37. The van der Waals surface area contributed by atoms with Crippen molar-refractivity contribution in [2.75, 3.05) is 26.9 Å². The summed E-state index contributed by atoms with van der Waals surface area (Å²) in [5.41, 5.74) is 3.52. The van der Waals surface area contributed by atoms with E-state index in [1.165, 1.54) is 27.8 Å². The maximum atomic E-state index is 11.6. The third kappa shape index (κ3) is 6.14. The molecule has 1 aliphatic carbocycles. The Morgan fingerprint density at radius 2 is 1.90 bits per heavy atom. The van der Waals surface area contributed by atoms with Gasteiger partial charge in [0.25, 0.3) is 0 Å². The molecule has 9 nitrogen and oxygen atoms in total. The lowest BCUT2D eigenvalue weighted by molar-refractivity contribution is -0.141. The number of carboxylic acids is 1. The van der Waals surface area contributed by atoms with Crippen molar-refractivity contribution < 1.29 is 34.3 Å². The summed E-state index contributed by atoms with van der Waals surface area (Å²) in [5, 5.41) is 29.2. The van der Waals surface area contributed by atoms with Crippen molar-refractivity contribution in [3.05, 3.63) is 65.2 Å². The van der Waals surface area contributed by atoms with Crippen LogP contribution in [-0.4, -0.2) is 57.6 Å². The van der Waals surface area contributed by atoms with Gasteiger partial charge in [-0.25, -0.2) is 0 Å². The van der Waals surface area contributed by atoms with Crippen LogP contribution in [0.5, 0.6) is 29.0 Å². The molecule has 40 heavy (non-hydrogen) atoms. The van der Waals surface area contributed by atoms with E-state index in [1.54, 1.807) is 7.11 Å². The van der Waals surface area contributed by atoms with Gasteiger partial charge in [0.1, 0.15) is 12.4 Å². The summed E-state index contributed by atoms with van der Waals surface area (Å²) in [5.74, 6) is 1.48. The van der Waals surface area contributed by atoms with Gasteiger partial charge in [0.15, 0.2) is 23.3 Å². The lowest BCUT2D eigenvalue weighted by atomic mass is 9.99. The molecule has 0 bridgehead atoms. The quantitative estimate of drug-likeness (QED) is 0.289. The highest BCUT2D eigenvalue weighted by atomic mass is 16.5. The molecule has 5 rings (SSSR count).